The number of nitrogen functional groups attached to an aromatic ring is 1. The molecule has 0 saturated carbocycles. The summed E-state index contributed by atoms with van der Waals surface area (Å²) in [5.41, 5.74) is 1.23. The summed E-state index contributed by atoms with van der Waals surface area (Å²) in [6.45, 7) is 4.03. The van der Waals surface area contributed by atoms with Gasteiger partial charge in [-0.15, -0.1) is 11.3 Å². The van der Waals surface area contributed by atoms with Crippen LogP contribution < -0.4 is 22.8 Å². The predicted octanol–water partition coefficient (Wildman–Crippen LogP) is 2.40. The summed E-state index contributed by atoms with van der Waals surface area (Å²) >= 11 is 7.51. The largest absolute Gasteiger partial charge is 0.353 e. The second-order valence-electron chi connectivity index (χ2n) is 6.69. The highest BCUT2D eigenvalue weighted by atomic mass is 35.5. The smallest absolute Gasteiger partial charge is 0.332 e. The third-order valence-electron chi connectivity index (χ3n) is 4.63. The number of hydrogen-bond donors (Lipinski definition) is 1. The standard InChI is InChI=1S/C20H19ClN6O2S/c1-3-25-19(28)26(11-13-4-6-14(21)7-5-13)18(27(22)20(25)29)24-15-8-9-16-17(10-15)30-12(2)23-16/h4-10H,3,11,22H2,1-2H3. The first-order valence-corrected chi connectivity index (χ1v) is 10.4. The number of nitrogens with zero attached hydrogens (tertiary/aromatic N) is 5. The molecule has 10 heteroatoms. The Morgan fingerprint density at radius 3 is 2.53 bits per heavy atom. The second-order valence-corrected chi connectivity index (χ2v) is 8.36. The van der Waals surface area contributed by atoms with E-state index in [1.54, 1.807) is 36.5 Å². The Hall–Kier alpha value is -3.17. The zero-order valence-corrected chi connectivity index (χ0v) is 17.9. The van der Waals surface area contributed by atoms with Crippen LogP contribution in [0.1, 0.15) is 17.5 Å². The van der Waals surface area contributed by atoms with Crippen LogP contribution in [0.2, 0.25) is 5.02 Å². The van der Waals surface area contributed by atoms with E-state index in [9.17, 15) is 9.59 Å². The summed E-state index contributed by atoms with van der Waals surface area (Å²) in [6, 6.07) is 12.6. The molecule has 4 rings (SSSR count). The predicted molar refractivity (Wildman–Crippen MR) is 119 cm³/mol. The van der Waals surface area contributed by atoms with Crippen LogP contribution in [0.3, 0.4) is 0 Å². The second kappa shape index (κ2) is 7.92. The van der Waals surface area contributed by atoms with E-state index in [4.69, 9.17) is 17.4 Å². The summed E-state index contributed by atoms with van der Waals surface area (Å²) in [5.74, 6) is 6.07. The maximum Gasteiger partial charge on any atom is 0.353 e. The maximum atomic E-state index is 13.0. The molecule has 0 aliphatic rings. The highest BCUT2D eigenvalue weighted by molar-refractivity contribution is 7.18. The summed E-state index contributed by atoms with van der Waals surface area (Å²) in [6.07, 6.45) is 0. The van der Waals surface area contributed by atoms with Gasteiger partial charge in [-0.3, -0.25) is 4.57 Å². The van der Waals surface area contributed by atoms with Gasteiger partial charge in [-0.25, -0.2) is 24.1 Å². The monoisotopic (exact) mass is 442 g/mol. The van der Waals surface area contributed by atoms with Gasteiger partial charge in [0.2, 0.25) is 5.62 Å². The number of thiazole rings is 1. The Balaban J connectivity index is 1.96. The van der Waals surface area contributed by atoms with Crippen LogP contribution in [0.15, 0.2) is 57.0 Å². The molecule has 2 aromatic carbocycles. The third kappa shape index (κ3) is 3.69. The van der Waals surface area contributed by atoms with E-state index in [0.29, 0.717) is 10.7 Å². The summed E-state index contributed by atoms with van der Waals surface area (Å²) in [7, 11) is 0. The number of fused-ring (bicyclic) bond motifs is 1. The highest BCUT2D eigenvalue weighted by Crippen LogP contribution is 2.25. The first-order chi connectivity index (χ1) is 14.4. The molecule has 4 aromatic rings. The van der Waals surface area contributed by atoms with Crippen LogP contribution in [-0.2, 0) is 13.1 Å². The van der Waals surface area contributed by atoms with Crippen LogP contribution in [0.25, 0.3) is 10.2 Å². The molecule has 0 amide bonds. The average Bonchev–Trinajstić information content (AvgIpc) is 3.10. The first kappa shape index (κ1) is 20.1. The molecule has 0 fully saturated rings. The molecule has 2 heterocycles. The minimum Gasteiger partial charge on any atom is -0.332 e. The van der Waals surface area contributed by atoms with E-state index in [1.165, 1.54) is 4.57 Å². The van der Waals surface area contributed by atoms with Crippen LogP contribution in [-0.4, -0.2) is 18.8 Å². The Kier molecular flexibility index (Phi) is 5.31. The lowest BCUT2D eigenvalue weighted by Crippen LogP contribution is -2.57. The van der Waals surface area contributed by atoms with E-state index >= 15 is 0 Å². The Labute approximate surface area is 180 Å². The number of halogens is 1. The fourth-order valence-electron chi connectivity index (χ4n) is 3.17. The van der Waals surface area contributed by atoms with Crippen molar-refractivity contribution in [2.45, 2.75) is 26.9 Å². The number of aryl methyl sites for hydroxylation is 1. The molecular formula is C20H19ClN6O2S. The van der Waals surface area contributed by atoms with Gasteiger partial charge in [0.15, 0.2) is 0 Å². The van der Waals surface area contributed by atoms with Crippen molar-refractivity contribution in [1.82, 2.24) is 18.8 Å². The van der Waals surface area contributed by atoms with Gasteiger partial charge in [0.05, 0.1) is 27.5 Å². The topological polar surface area (TPSA) is 100 Å². The first-order valence-electron chi connectivity index (χ1n) is 9.25. The minimum absolute atomic E-state index is 0.0604. The molecule has 2 N–H and O–H groups in total. The van der Waals surface area contributed by atoms with Crippen molar-refractivity contribution in [3.8, 4) is 0 Å². The summed E-state index contributed by atoms with van der Waals surface area (Å²) in [5, 5.41) is 1.54. The molecule has 154 valence electrons. The summed E-state index contributed by atoms with van der Waals surface area (Å²) in [4.78, 5) is 34.6. The van der Waals surface area contributed by atoms with Crippen molar-refractivity contribution in [3.05, 3.63) is 84.6 Å². The average molecular weight is 443 g/mol. The van der Waals surface area contributed by atoms with E-state index < -0.39 is 11.4 Å². The van der Waals surface area contributed by atoms with Crippen molar-refractivity contribution in [2.75, 3.05) is 5.84 Å². The minimum atomic E-state index is -0.622. The Morgan fingerprint density at radius 1 is 1.10 bits per heavy atom. The molecule has 0 aliphatic heterocycles. The van der Waals surface area contributed by atoms with E-state index in [1.807, 2.05) is 31.2 Å². The van der Waals surface area contributed by atoms with E-state index in [2.05, 4.69) is 9.98 Å². The van der Waals surface area contributed by atoms with Crippen molar-refractivity contribution in [1.29, 1.82) is 0 Å². The van der Waals surface area contributed by atoms with E-state index in [0.717, 1.165) is 30.0 Å². The highest BCUT2D eigenvalue weighted by Gasteiger charge is 2.13. The molecule has 0 aliphatic carbocycles. The van der Waals surface area contributed by atoms with Gasteiger partial charge in [0.1, 0.15) is 0 Å². The fourth-order valence-corrected chi connectivity index (χ4v) is 4.15. The molecule has 0 radical (unpaired) electrons. The van der Waals surface area contributed by atoms with Crippen LogP contribution >= 0.6 is 22.9 Å². The molecule has 0 unspecified atom stereocenters. The molecule has 0 bridgehead atoms. The summed E-state index contributed by atoms with van der Waals surface area (Å²) < 4.78 is 4.33. The van der Waals surface area contributed by atoms with Crippen molar-refractivity contribution in [2.24, 2.45) is 4.99 Å². The van der Waals surface area contributed by atoms with Gasteiger partial charge >= 0.3 is 11.4 Å². The SMILES string of the molecule is CCn1c(=O)n(N)c(=Nc2ccc3nc(C)sc3c2)n(Cc2ccc(Cl)cc2)c1=O. The molecule has 8 nitrogen and oxygen atoms in total. The molecular weight excluding hydrogens is 424 g/mol. The van der Waals surface area contributed by atoms with Gasteiger partial charge in [-0.1, -0.05) is 23.7 Å². The van der Waals surface area contributed by atoms with Crippen molar-refractivity contribution < 1.29 is 0 Å². The Bertz CT molecular complexity index is 1430. The normalized spacial score (nSPS) is 12.0. The zero-order valence-electron chi connectivity index (χ0n) is 16.4. The third-order valence-corrected chi connectivity index (χ3v) is 5.82. The lowest BCUT2D eigenvalue weighted by atomic mass is 10.2. The van der Waals surface area contributed by atoms with Gasteiger partial charge < -0.3 is 5.84 Å². The van der Waals surface area contributed by atoms with Crippen LogP contribution in [0.5, 0.6) is 0 Å². The number of rotatable bonds is 4. The number of benzene rings is 2. The number of nitrogens with two attached hydrogens (primary N) is 1. The fraction of sp³-hybridized carbons (Fsp3) is 0.200. The van der Waals surface area contributed by atoms with Crippen molar-refractivity contribution >= 4 is 38.8 Å². The molecule has 2 aromatic heterocycles. The zero-order chi connectivity index (χ0) is 21.4. The Morgan fingerprint density at radius 2 is 1.83 bits per heavy atom. The molecule has 0 saturated heterocycles. The van der Waals surface area contributed by atoms with Gasteiger partial charge in [-0.05, 0) is 49.7 Å². The lowest BCUT2D eigenvalue weighted by molar-refractivity contribution is 0.504. The van der Waals surface area contributed by atoms with Crippen LogP contribution in [0.4, 0.5) is 5.69 Å². The number of aromatic nitrogens is 4. The van der Waals surface area contributed by atoms with Crippen LogP contribution in [0, 0.1) is 6.92 Å². The van der Waals surface area contributed by atoms with Gasteiger partial charge in [-0.2, -0.15) is 4.68 Å². The molecule has 30 heavy (non-hydrogen) atoms. The van der Waals surface area contributed by atoms with Gasteiger partial charge in [0.25, 0.3) is 0 Å². The molecule has 0 atom stereocenters. The molecule has 0 spiro atoms. The lowest BCUT2D eigenvalue weighted by Gasteiger charge is -2.13. The maximum absolute atomic E-state index is 13.0. The number of hydrogen-bond acceptors (Lipinski definition) is 6. The van der Waals surface area contributed by atoms with Gasteiger partial charge in [0, 0.05) is 11.6 Å². The van der Waals surface area contributed by atoms with E-state index in [-0.39, 0.29) is 18.7 Å². The quantitative estimate of drug-likeness (QED) is 0.490. The van der Waals surface area contributed by atoms with Crippen molar-refractivity contribution in [3.63, 3.8) is 0 Å².